The Morgan fingerprint density at radius 1 is 1.36 bits per heavy atom. The molecule has 3 atom stereocenters. The minimum Gasteiger partial charge on any atom is -0.326 e. The molecule has 64 valence electrons. The van der Waals surface area contributed by atoms with Crippen molar-refractivity contribution in [2.24, 2.45) is 5.73 Å². The molecule has 2 heterocycles. The van der Waals surface area contributed by atoms with E-state index < -0.39 is 0 Å². The lowest BCUT2D eigenvalue weighted by atomic mass is 9.97. The van der Waals surface area contributed by atoms with Crippen LogP contribution in [0.2, 0.25) is 0 Å². The van der Waals surface area contributed by atoms with Gasteiger partial charge in [0.1, 0.15) is 0 Å². The first-order chi connectivity index (χ1) is 5.20. The molecule has 2 fully saturated rings. The number of hydrogen-bond acceptors (Lipinski definition) is 2. The molecule has 2 rings (SSSR count). The van der Waals surface area contributed by atoms with E-state index in [4.69, 9.17) is 5.73 Å². The third kappa shape index (κ3) is 1.00. The maximum atomic E-state index is 6.01. The van der Waals surface area contributed by atoms with Gasteiger partial charge < -0.3 is 5.73 Å². The molecule has 0 saturated carbocycles. The van der Waals surface area contributed by atoms with Crippen LogP contribution in [-0.4, -0.2) is 29.1 Å². The Hall–Kier alpha value is -0.0800. The smallest absolute Gasteiger partial charge is 0.0254 e. The van der Waals surface area contributed by atoms with Crippen LogP contribution < -0.4 is 5.73 Å². The van der Waals surface area contributed by atoms with E-state index in [1.165, 1.54) is 19.3 Å². The van der Waals surface area contributed by atoms with Crippen molar-refractivity contribution >= 4 is 0 Å². The third-order valence-electron chi connectivity index (χ3n) is 3.23. The summed E-state index contributed by atoms with van der Waals surface area (Å²) >= 11 is 0. The Balaban J connectivity index is 2.13. The normalized spacial score (nSPS) is 44.2. The first-order valence-corrected chi connectivity index (χ1v) is 4.73. The molecule has 0 aromatic heterocycles. The van der Waals surface area contributed by atoms with Crippen LogP contribution >= 0.6 is 0 Å². The molecule has 2 heteroatoms. The second-order valence-corrected chi connectivity index (χ2v) is 4.24. The van der Waals surface area contributed by atoms with Gasteiger partial charge in [0, 0.05) is 24.2 Å². The zero-order valence-electron chi connectivity index (χ0n) is 7.46. The molecule has 0 spiro atoms. The van der Waals surface area contributed by atoms with Crippen molar-refractivity contribution in [3.8, 4) is 0 Å². The lowest BCUT2D eigenvalue weighted by Gasteiger charge is -2.26. The lowest BCUT2D eigenvalue weighted by molar-refractivity contribution is 0.197. The molecule has 2 nitrogen and oxygen atoms in total. The van der Waals surface area contributed by atoms with Crippen LogP contribution in [0.25, 0.3) is 0 Å². The first-order valence-electron chi connectivity index (χ1n) is 4.73. The first kappa shape index (κ1) is 7.56. The highest BCUT2D eigenvalue weighted by Gasteiger charge is 2.45. The fourth-order valence-electron chi connectivity index (χ4n) is 2.88. The quantitative estimate of drug-likeness (QED) is 0.609. The standard InChI is InChI=1S/C9H18N2/c1-6(2)11-7-3-4-9(11)8(10)5-7/h6-9H,3-5,10H2,1-2H3/t7-,8?,9?/m1/s1. The Morgan fingerprint density at radius 2 is 2.09 bits per heavy atom. The summed E-state index contributed by atoms with van der Waals surface area (Å²) in [5, 5.41) is 0. The van der Waals surface area contributed by atoms with Gasteiger partial charge in [0.25, 0.3) is 0 Å². The lowest BCUT2D eigenvalue weighted by Crippen LogP contribution is -2.40. The zero-order valence-corrected chi connectivity index (χ0v) is 7.46. The highest BCUT2D eigenvalue weighted by atomic mass is 15.3. The molecular formula is C9H18N2. The molecule has 2 unspecified atom stereocenters. The third-order valence-corrected chi connectivity index (χ3v) is 3.23. The van der Waals surface area contributed by atoms with Crippen molar-refractivity contribution in [3.05, 3.63) is 0 Å². The van der Waals surface area contributed by atoms with Gasteiger partial charge in [-0.2, -0.15) is 0 Å². The molecular weight excluding hydrogens is 136 g/mol. The summed E-state index contributed by atoms with van der Waals surface area (Å²) in [6, 6.07) is 2.69. The van der Waals surface area contributed by atoms with Crippen molar-refractivity contribution in [3.63, 3.8) is 0 Å². The van der Waals surface area contributed by atoms with E-state index in [9.17, 15) is 0 Å². The van der Waals surface area contributed by atoms with Crippen molar-refractivity contribution in [2.75, 3.05) is 0 Å². The summed E-state index contributed by atoms with van der Waals surface area (Å²) < 4.78 is 0. The van der Waals surface area contributed by atoms with Crippen LogP contribution in [-0.2, 0) is 0 Å². The van der Waals surface area contributed by atoms with Gasteiger partial charge in [0.2, 0.25) is 0 Å². The molecule has 2 aliphatic heterocycles. The fourth-order valence-corrected chi connectivity index (χ4v) is 2.88. The molecule has 0 aromatic rings. The number of hydrogen-bond donors (Lipinski definition) is 1. The zero-order chi connectivity index (χ0) is 8.01. The predicted molar refractivity (Wildman–Crippen MR) is 46.4 cm³/mol. The maximum Gasteiger partial charge on any atom is 0.0254 e. The second kappa shape index (κ2) is 2.46. The summed E-state index contributed by atoms with van der Waals surface area (Å²) in [6.07, 6.45) is 3.96. The van der Waals surface area contributed by atoms with E-state index in [1.54, 1.807) is 0 Å². The Labute approximate surface area is 68.7 Å². The summed E-state index contributed by atoms with van der Waals surface area (Å²) in [6.45, 7) is 4.56. The largest absolute Gasteiger partial charge is 0.326 e. The van der Waals surface area contributed by atoms with Gasteiger partial charge in [0.15, 0.2) is 0 Å². The van der Waals surface area contributed by atoms with Crippen molar-refractivity contribution in [2.45, 2.75) is 57.3 Å². The molecule has 0 aromatic carbocycles. The molecule has 2 N–H and O–H groups in total. The van der Waals surface area contributed by atoms with E-state index in [0.29, 0.717) is 18.1 Å². The van der Waals surface area contributed by atoms with E-state index in [2.05, 4.69) is 18.7 Å². The molecule has 2 saturated heterocycles. The Bertz CT molecular complexity index is 156. The molecule has 2 aliphatic rings. The number of nitrogens with two attached hydrogens (primary N) is 1. The van der Waals surface area contributed by atoms with Crippen LogP contribution in [0.3, 0.4) is 0 Å². The maximum absolute atomic E-state index is 6.01. The summed E-state index contributed by atoms with van der Waals surface area (Å²) in [4.78, 5) is 2.62. The Kier molecular flexibility index (Phi) is 1.69. The summed E-state index contributed by atoms with van der Waals surface area (Å²) in [5.41, 5.74) is 6.01. The van der Waals surface area contributed by atoms with Gasteiger partial charge in [-0.3, -0.25) is 4.90 Å². The van der Waals surface area contributed by atoms with Gasteiger partial charge in [-0.1, -0.05) is 0 Å². The summed E-state index contributed by atoms with van der Waals surface area (Å²) in [5.74, 6) is 0. The molecule has 11 heavy (non-hydrogen) atoms. The van der Waals surface area contributed by atoms with Crippen LogP contribution in [0.5, 0.6) is 0 Å². The van der Waals surface area contributed by atoms with Gasteiger partial charge in [-0.05, 0) is 33.1 Å². The van der Waals surface area contributed by atoms with Crippen molar-refractivity contribution in [1.82, 2.24) is 4.90 Å². The molecule has 0 aliphatic carbocycles. The fraction of sp³-hybridized carbons (Fsp3) is 1.00. The van der Waals surface area contributed by atoms with Crippen LogP contribution in [0, 0.1) is 0 Å². The number of rotatable bonds is 1. The second-order valence-electron chi connectivity index (χ2n) is 4.24. The Morgan fingerprint density at radius 3 is 2.36 bits per heavy atom. The van der Waals surface area contributed by atoms with Crippen LogP contribution in [0.15, 0.2) is 0 Å². The number of fused-ring (bicyclic) bond motifs is 2. The SMILES string of the molecule is CC(C)N1C2CC[C@@H]1CC2N. The monoisotopic (exact) mass is 154 g/mol. The van der Waals surface area contributed by atoms with E-state index in [0.717, 1.165) is 6.04 Å². The van der Waals surface area contributed by atoms with Crippen molar-refractivity contribution < 1.29 is 0 Å². The van der Waals surface area contributed by atoms with Crippen molar-refractivity contribution in [1.29, 1.82) is 0 Å². The van der Waals surface area contributed by atoms with E-state index >= 15 is 0 Å². The van der Waals surface area contributed by atoms with Gasteiger partial charge >= 0.3 is 0 Å². The molecule has 0 radical (unpaired) electrons. The topological polar surface area (TPSA) is 29.3 Å². The average molecular weight is 154 g/mol. The van der Waals surface area contributed by atoms with E-state index in [1.807, 2.05) is 0 Å². The number of nitrogens with zero attached hydrogens (tertiary/aromatic N) is 1. The average Bonchev–Trinajstić information content (AvgIpc) is 2.41. The van der Waals surface area contributed by atoms with E-state index in [-0.39, 0.29) is 0 Å². The summed E-state index contributed by atoms with van der Waals surface area (Å²) in [7, 11) is 0. The minimum atomic E-state index is 0.469. The van der Waals surface area contributed by atoms with Gasteiger partial charge in [0.05, 0.1) is 0 Å². The molecule has 0 amide bonds. The highest BCUT2D eigenvalue weighted by molar-refractivity contribution is 5.03. The minimum absolute atomic E-state index is 0.469. The van der Waals surface area contributed by atoms with Crippen LogP contribution in [0.1, 0.15) is 33.1 Å². The van der Waals surface area contributed by atoms with Gasteiger partial charge in [-0.25, -0.2) is 0 Å². The van der Waals surface area contributed by atoms with Gasteiger partial charge in [-0.15, -0.1) is 0 Å². The predicted octanol–water partition coefficient (Wildman–Crippen LogP) is 0.959. The molecule has 2 bridgehead atoms. The highest BCUT2D eigenvalue weighted by Crippen LogP contribution is 2.37. The van der Waals surface area contributed by atoms with Crippen LogP contribution in [0.4, 0.5) is 0 Å².